The van der Waals surface area contributed by atoms with Gasteiger partial charge in [0.2, 0.25) is 0 Å². The highest BCUT2D eigenvalue weighted by molar-refractivity contribution is 5.96. The Morgan fingerprint density at radius 2 is 1.75 bits per heavy atom. The molecule has 0 saturated carbocycles. The van der Waals surface area contributed by atoms with E-state index in [-0.39, 0.29) is 17.9 Å². The van der Waals surface area contributed by atoms with Crippen molar-refractivity contribution in [3.63, 3.8) is 0 Å². The summed E-state index contributed by atoms with van der Waals surface area (Å²) in [5.74, 6) is -0.319. The molecule has 0 radical (unpaired) electrons. The van der Waals surface area contributed by atoms with Gasteiger partial charge in [-0.3, -0.25) is 0 Å². The monoisotopic (exact) mass is 328 g/mol. The van der Waals surface area contributed by atoms with E-state index in [9.17, 15) is 9.59 Å². The second-order valence-corrected chi connectivity index (χ2v) is 4.98. The van der Waals surface area contributed by atoms with E-state index < -0.39 is 11.9 Å². The molecule has 2 aromatic carbocycles. The first-order valence-electron chi connectivity index (χ1n) is 7.87. The highest BCUT2D eigenvalue weighted by Gasteiger charge is 2.17. The minimum atomic E-state index is -0.561. The smallest absolute Gasteiger partial charge is 0.343 e. The SMILES string of the molecule is CCCOc1cccc(C(=O)Oc2ccccc2C(=O)OCC)c1. The zero-order valence-electron chi connectivity index (χ0n) is 13.8. The molecule has 0 N–H and O–H groups in total. The number of rotatable bonds is 7. The summed E-state index contributed by atoms with van der Waals surface area (Å²) in [7, 11) is 0. The molecule has 0 aromatic heterocycles. The Balaban J connectivity index is 2.17. The van der Waals surface area contributed by atoms with Gasteiger partial charge in [-0.15, -0.1) is 0 Å². The maximum absolute atomic E-state index is 12.3. The molecule has 0 spiro atoms. The van der Waals surface area contributed by atoms with Gasteiger partial charge in [0.1, 0.15) is 17.1 Å². The van der Waals surface area contributed by atoms with E-state index in [0.29, 0.717) is 17.9 Å². The van der Waals surface area contributed by atoms with Crippen molar-refractivity contribution in [1.82, 2.24) is 0 Å². The Morgan fingerprint density at radius 1 is 0.958 bits per heavy atom. The van der Waals surface area contributed by atoms with Crippen LogP contribution in [0.1, 0.15) is 41.0 Å². The van der Waals surface area contributed by atoms with E-state index in [1.54, 1.807) is 55.5 Å². The molecule has 5 nitrogen and oxygen atoms in total. The Kier molecular flexibility index (Phi) is 6.37. The Hall–Kier alpha value is -2.82. The third-order valence-electron chi connectivity index (χ3n) is 3.13. The van der Waals surface area contributed by atoms with Crippen LogP contribution >= 0.6 is 0 Å². The lowest BCUT2D eigenvalue weighted by molar-refractivity contribution is 0.0520. The van der Waals surface area contributed by atoms with E-state index in [1.807, 2.05) is 6.92 Å². The number of hydrogen-bond acceptors (Lipinski definition) is 5. The second-order valence-electron chi connectivity index (χ2n) is 4.98. The van der Waals surface area contributed by atoms with Crippen LogP contribution in [-0.2, 0) is 4.74 Å². The molecular weight excluding hydrogens is 308 g/mol. The van der Waals surface area contributed by atoms with Gasteiger partial charge >= 0.3 is 11.9 Å². The van der Waals surface area contributed by atoms with Crippen LogP contribution in [0.25, 0.3) is 0 Å². The van der Waals surface area contributed by atoms with Crippen LogP contribution < -0.4 is 9.47 Å². The molecule has 2 aromatic rings. The standard InChI is InChI=1S/C19H20O5/c1-3-12-23-15-9-7-8-14(13-15)18(20)24-17-11-6-5-10-16(17)19(21)22-4-2/h5-11,13H,3-4,12H2,1-2H3. The Morgan fingerprint density at radius 3 is 2.50 bits per heavy atom. The van der Waals surface area contributed by atoms with Crippen molar-refractivity contribution >= 4 is 11.9 Å². The Bertz CT molecular complexity index is 708. The van der Waals surface area contributed by atoms with Crippen LogP contribution in [0, 0.1) is 0 Å². The van der Waals surface area contributed by atoms with Gasteiger partial charge in [0, 0.05) is 0 Å². The lowest BCUT2D eigenvalue weighted by atomic mass is 10.2. The molecular formula is C19H20O5. The van der Waals surface area contributed by atoms with Gasteiger partial charge in [0.15, 0.2) is 0 Å². The number of ether oxygens (including phenoxy) is 3. The summed E-state index contributed by atoms with van der Waals surface area (Å²) < 4.78 is 15.8. The summed E-state index contributed by atoms with van der Waals surface area (Å²) in [5, 5.41) is 0. The van der Waals surface area contributed by atoms with Crippen LogP contribution in [-0.4, -0.2) is 25.2 Å². The van der Waals surface area contributed by atoms with E-state index >= 15 is 0 Å². The first-order chi connectivity index (χ1) is 11.7. The minimum Gasteiger partial charge on any atom is -0.494 e. The molecule has 24 heavy (non-hydrogen) atoms. The fraction of sp³-hybridized carbons (Fsp3) is 0.263. The van der Waals surface area contributed by atoms with Gasteiger partial charge < -0.3 is 14.2 Å². The van der Waals surface area contributed by atoms with Crippen molar-refractivity contribution in [3.05, 3.63) is 59.7 Å². The zero-order chi connectivity index (χ0) is 17.4. The molecule has 0 saturated heterocycles. The van der Waals surface area contributed by atoms with E-state index in [4.69, 9.17) is 14.2 Å². The van der Waals surface area contributed by atoms with E-state index in [0.717, 1.165) is 6.42 Å². The van der Waals surface area contributed by atoms with Crippen molar-refractivity contribution in [1.29, 1.82) is 0 Å². The number of para-hydroxylation sites is 1. The third kappa shape index (κ3) is 4.59. The maximum atomic E-state index is 12.3. The van der Waals surface area contributed by atoms with Gasteiger partial charge in [-0.1, -0.05) is 25.1 Å². The third-order valence-corrected chi connectivity index (χ3v) is 3.13. The molecule has 0 aliphatic rings. The molecule has 0 bridgehead atoms. The maximum Gasteiger partial charge on any atom is 0.343 e. The molecule has 0 amide bonds. The van der Waals surface area contributed by atoms with Crippen molar-refractivity contribution in [2.24, 2.45) is 0 Å². The van der Waals surface area contributed by atoms with Crippen molar-refractivity contribution in [2.75, 3.05) is 13.2 Å². The van der Waals surface area contributed by atoms with Gasteiger partial charge in [0.05, 0.1) is 18.8 Å². The second kappa shape index (κ2) is 8.72. The van der Waals surface area contributed by atoms with Gasteiger partial charge in [-0.25, -0.2) is 9.59 Å². The molecule has 0 unspecified atom stereocenters. The summed E-state index contributed by atoms with van der Waals surface area (Å²) >= 11 is 0. The molecule has 5 heteroatoms. The average Bonchev–Trinajstić information content (AvgIpc) is 2.61. The van der Waals surface area contributed by atoms with Crippen LogP contribution in [0.15, 0.2) is 48.5 Å². The number of benzene rings is 2. The first kappa shape index (κ1) is 17.5. The van der Waals surface area contributed by atoms with Gasteiger partial charge in [-0.05, 0) is 43.7 Å². The summed E-state index contributed by atoms with van der Waals surface area (Å²) in [5.41, 5.74) is 0.563. The summed E-state index contributed by atoms with van der Waals surface area (Å²) in [6.45, 7) is 4.54. The predicted octanol–water partition coefficient (Wildman–Crippen LogP) is 3.87. The van der Waals surface area contributed by atoms with Crippen molar-refractivity contribution in [2.45, 2.75) is 20.3 Å². The first-order valence-corrected chi connectivity index (χ1v) is 7.87. The lowest BCUT2D eigenvalue weighted by Gasteiger charge is -2.10. The molecule has 126 valence electrons. The summed E-state index contributed by atoms with van der Waals surface area (Å²) in [6, 6.07) is 13.2. The Labute approximate surface area is 141 Å². The quantitative estimate of drug-likeness (QED) is 0.570. The highest BCUT2D eigenvalue weighted by atomic mass is 16.5. The molecule has 0 heterocycles. The zero-order valence-corrected chi connectivity index (χ0v) is 13.8. The number of esters is 2. The van der Waals surface area contributed by atoms with Crippen molar-refractivity contribution in [3.8, 4) is 11.5 Å². The van der Waals surface area contributed by atoms with Crippen LogP contribution in [0.5, 0.6) is 11.5 Å². The molecule has 0 fully saturated rings. The lowest BCUT2D eigenvalue weighted by Crippen LogP contribution is -2.13. The summed E-state index contributed by atoms with van der Waals surface area (Å²) in [6.07, 6.45) is 0.877. The van der Waals surface area contributed by atoms with Crippen molar-refractivity contribution < 1.29 is 23.8 Å². The summed E-state index contributed by atoms with van der Waals surface area (Å²) in [4.78, 5) is 24.3. The fourth-order valence-corrected chi connectivity index (χ4v) is 2.02. The normalized spacial score (nSPS) is 10.1. The number of hydrogen-bond donors (Lipinski definition) is 0. The molecule has 0 aliphatic carbocycles. The van der Waals surface area contributed by atoms with Gasteiger partial charge in [0.25, 0.3) is 0 Å². The topological polar surface area (TPSA) is 61.8 Å². The number of carbonyl (C=O) groups excluding carboxylic acids is 2. The van der Waals surface area contributed by atoms with Crippen LogP contribution in [0.3, 0.4) is 0 Å². The van der Waals surface area contributed by atoms with Gasteiger partial charge in [-0.2, -0.15) is 0 Å². The highest BCUT2D eigenvalue weighted by Crippen LogP contribution is 2.21. The molecule has 0 atom stereocenters. The number of carbonyl (C=O) groups is 2. The van der Waals surface area contributed by atoms with E-state index in [2.05, 4.69) is 0 Å². The molecule has 2 rings (SSSR count). The van der Waals surface area contributed by atoms with Crippen LogP contribution in [0.2, 0.25) is 0 Å². The fourth-order valence-electron chi connectivity index (χ4n) is 2.02. The van der Waals surface area contributed by atoms with Crippen LogP contribution in [0.4, 0.5) is 0 Å². The average molecular weight is 328 g/mol. The van der Waals surface area contributed by atoms with E-state index in [1.165, 1.54) is 0 Å². The minimum absolute atomic E-state index is 0.167. The predicted molar refractivity (Wildman–Crippen MR) is 89.6 cm³/mol. The largest absolute Gasteiger partial charge is 0.494 e. The molecule has 0 aliphatic heterocycles.